The van der Waals surface area contributed by atoms with Crippen molar-refractivity contribution in [2.24, 2.45) is 0 Å². The average molecular weight is 245 g/mol. The van der Waals surface area contributed by atoms with E-state index >= 15 is 0 Å². The van der Waals surface area contributed by atoms with Crippen molar-refractivity contribution >= 4 is 12.4 Å². The topological polar surface area (TPSA) is 55.4 Å². The molecule has 0 spiro atoms. The normalized spacial score (nSPS) is 14.4. The van der Waals surface area contributed by atoms with Gasteiger partial charge in [-0.05, 0) is 12.8 Å². The monoisotopic (exact) mass is 245 g/mol. The standard InChI is InChI=1S/C8H15NO2.C3H6O.C2H6/c1-11-8(10)9-7-5-3-2-4-6-7;1-2-3-4;1-2/h7H,2-6H2,1H3,(H,9,10);3H,2H2,1H3;1-2H3. The molecule has 0 heterocycles. The number of alkyl carbamates (subject to hydrolysis) is 1. The fourth-order valence-corrected chi connectivity index (χ4v) is 1.47. The number of amides is 1. The van der Waals surface area contributed by atoms with Crippen molar-refractivity contribution in [3.05, 3.63) is 0 Å². The predicted octanol–water partition coefficient (Wildman–Crippen LogP) is 3.30. The van der Waals surface area contributed by atoms with Crippen molar-refractivity contribution < 1.29 is 14.3 Å². The van der Waals surface area contributed by atoms with Crippen molar-refractivity contribution in [2.75, 3.05) is 7.11 Å². The molecular formula is C13H27NO3. The maximum Gasteiger partial charge on any atom is 0.407 e. The SMILES string of the molecule is CC.CCC=O.COC(=O)NC1CCCCC1. The van der Waals surface area contributed by atoms with Crippen molar-refractivity contribution in [1.29, 1.82) is 0 Å². The zero-order valence-corrected chi connectivity index (χ0v) is 11.6. The summed E-state index contributed by atoms with van der Waals surface area (Å²) in [7, 11) is 1.40. The van der Waals surface area contributed by atoms with Gasteiger partial charge in [-0.15, -0.1) is 0 Å². The van der Waals surface area contributed by atoms with Crippen LogP contribution in [0.2, 0.25) is 0 Å². The molecule has 1 rings (SSSR count). The summed E-state index contributed by atoms with van der Waals surface area (Å²) in [6, 6.07) is 0.358. The Morgan fingerprint density at radius 2 is 1.76 bits per heavy atom. The highest BCUT2D eigenvalue weighted by molar-refractivity contribution is 5.67. The number of hydrogen-bond acceptors (Lipinski definition) is 3. The van der Waals surface area contributed by atoms with E-state index in [1.54, 1.807) is 0 Å². The zero-order chi connectivity index (χ0) is 13.5. The third kappa shape index (κ3) is 12.9. The molecule has 1 fully saturated rings. The smallest absolute Gasteiger partial charge is 0.407 e. The Balaban J connectivity index is 0. The Morgan fingerprint density at radius 1 is 1.29 bits per heavy atom. The Hall–Kier alpha value is -1.06. The molecule has 0 saturated heterocycles. The molecule has 17 heavy (non-hydrogen) atoms. The van der Waals surface area contributed by atoms with Crippen LogP contribution in [0.5, 0.6) is 0 Å². The number of carbonyl (C=O) groups excluding carboxylic acids is 2. The molecule has 0 aromatic carbocycles. The van der Waals surface area contributed by atoms with Gasteiger partial charge < -0.3 is 14.8 Å². The van der Waals surface area contributed by atoms with Gasteiger partial charge in [-0.25, -0.2) is 4.79 Å². The molecule has 0 unspecified atom stereocenters. The van der Waals surface area contributed by atoms with Gasteiger partial charge in [0.1, 0.15) is 6.29 Å². The Kier molecular flexibility index (Phi) is 16.1. The van der Waals surface area contributed by atoms with Crippen molar-refractivity contribution in [1.82, 2.24) is 5.32 Å². The number of rotatable bonds is 2. The molecule has 4 heteroatoms. The van der Waals surface area contributed by atoms with E-state index in [2.05, 4.69) is 10.1 Å². The lowest BCUT2D eigenvalue weighted by molar-refractivity contribution is -0.107. The van der Waals surface area contributed by atoms with Crippen molar-refractivity contribution in [3.63, 3.8) is 0 Å². The first-order chi connectivity index (χ1) is 8.24. The Labute approximate surface area is 105 Å². The van der Waals surface area contributed by atoms with Crippen LogP contribution >= 0.6 is 0 Å². The van der Waals surface area contributed by atoms with Gasteiger partial charge in [-0.2, -0.15) is 0 Å². The van der Waals surface area contributed by atoms with Gasteiger partial charge in [0, 0.05) is 12.5 Å². The van der Waals surface area contributed by atoms with E-state index in [9.17, 15) is 9.59 Å². The number of ether oxygens (including phenoxy) is 1. The first kappa shape index (κ1) is 18.3. The molecule has 1 aliphatic carbocycles. The summed E-state index contributed by atoms with van der Waals surface area (Å²) < 4.78 is 4.50. The second kappa shape index (κ2) is 14.9. The van der Waals surface area contributed by atoms with Gasteiger partial charge in [-0.1, -0.05) is 40.0 Å². The van der Waals surface area contributed by atoms with Crippen LogP contribution in [0.15, 0.2) is 0 Å². The van der Waals surface area contributed by atoms with Crippen molar-refractivity contribution in [3.8, 4) is 0 Å². The molecule has 0 aromatic heterocycles. The number of methoxy groups -OCH3 is 1. The second-order valence-corrected chi connectivity index (χ2v) is 3.55. The summed E-state index contributed by atoms with van der Waals surface area (Å²) in [4.78, 5) is 19.9. The van der Waals surface area contributed by atoms with Crippen LogP contribution in [0.1, 0.15) is 59.3 Å². The van der Waals surface area contributed by atoms with Gasteiger partial charge >= 0.3 is 6.09 Å². The summed E-state index contributed by atoms with van der Waals surface area (Å²) >= 11 is 0. The van der Waals surface area contributed by atoms with Crippen LogP contribution in [0.25, 0.3) is 0 Å². The highest BCUT2D eigenvalue weighted by Crippen LogP contribution is 2.17. The molecule has 102 valence electrons. The first-order valence-corrected chi connectivity index (χ1v) is 6.52. The molecule has 0 radical (unpaired) electrons. The summed E-state index contributed by atoms with van der Waals surface area (Å²) in [5.74, 6) is 0. The summed E-state index contributed by atoms with van der Waals surface area (Å²) in [6.07, 6.45) is 7.20. The molecule has 1 amide bonds. The van der Waals surface area contributed by atoms with Gasteiger partial charge in [0.2, 0.25) is 0 Å². The maximum absolute atomic E-state index is 10.7. The minimum Gasteiger partial charge on any atom is -0.453 e. The number of carbonyl (C=O) groups is 2. The average Bonchev–Trinajstić information content (AvgIpc) is 2.42. The maximum atomic E-state index is 10.7. The van der Waals surface area contributed by atoms with E-state index in [1.807, 2.05) is 20.8 Å². The van der Waals surface area contributed by atoms with E-state index in [1.165, 1.54) is 26.4 Å². The van der Waals surface area contributed by atoms with Crippen LogP contribution in [-0.4, -0.2) is 25.5 Å². The summed E-state index contributed by atoms with van der Waals surface area (Å²) in [5.41, 5.74) is 0. The second-order valence-electron chi connectivity index (χ2n) is 3.55. The lowest BCUT2D eigenvalue weighted by atomic mass is 9.96. The minimum atomic E-state index is -0.295. The van der Waals surface area contributed by atoms with E-state index < -0.39 is 0 Å². The lowest BCUT2D eigenvalue weighted by Crippen LogP contribution is -2.35. The van der Waals surface area contributed by atoms with Crippen molar-refractivity contribution in [2.45, 2.75) is 65.3 Å². The van der Waals surface area contributed by atoms with Gasteiger partial charge in [0.25, 0.3) is 0 Å². The summed E-state index contributed by atoms with van der Waals surface area (Å²) in [5, 5.41) is 2.81. The van der Waals surface area contributed by atoms with Crippen LogP contribution < -0.4 is 5.32 Å². The minimum absolute atomic E-state index is 0.295. The molecule has 1 N–H and O–H groups in total. The van der Waals surface area contributed by atoms with E-state index in [0.717, 1.165) is 19.1 Å². The van der Waals surface area contributed by atoms with Crippen LogP contribution in [0, 0.1) is 0 Å². The third-order valence-corrected chi connectivity index (χ3v) is 2.28. The van der Waals surface area contributed by atoms with Gasteiger partial charge in [0.15, 0.2) is 0 Å². The van der Waals surface area contributed by atoms with Crippen LogP contribution in [-0.2, 0) is 9.53 Å². The molecule has 1 saturated carbocycles. The Bertz CT molecular complexity index is 178. The van der Waals surface area contributed by atoms with Gasteiger partial charge in [-0.3, -0.25) is 0 Å². The fourth-order valence-electron chi connectivity index (χ4n) is 1.47. The van der Waals surface area contributed by atoms with Crippen LogP contribution in [0.4, 0.5) is 4.79 Å². The van der Waals surface area contributed by atoms with E-state index in [-0.39, 0.29) is 6.09 Å². The lowest BCUT2D eigenvalue weighted by Gasteiger charge is -2.21. The van der Waals surface area contributed by atoms with E-state index in [0.29, 0.717) is 12.5 Å². The Morgan fingerprint density at radius 3 is 2.12 bits per heavy atom. The highest BCUT2D eigenvalue weighted by Gasteiger charge is 2.14. The molecule has 1 aliphatic rings. The fraction of sp³-hybridized carbons (Fsp3) is 0.846. The molecule has 0 atom stereocenters. The molecule has 0 aromatic rings. The predicted molar refractivity (Wildman–Crippen MR) is 70.1 cm³/mol. The third-order valence-electron chi connectivity index (χ3n) is 2.28. The number of aldehydes is 1. The highest BCUT2D eigenvalue weighted by atomic mass is 16.5. The van der Waals surface area contributed by atoms with E-state index in [4.69, 9.17) is 0 Å². The van der Waals surface area contributed by atoms with Gasteiger partial charge in [0.05, 0.1) is 7.11 Å². The molecule has 0 aliphatic heterocycles. The quantitative estimate of drug-likeness (QED) is 0.759. The largest absolute Gasteiger partial charge is 0.453 e. The molecular weight excluding hydrogens is 218 g/mol. The molecule has 4 nitrogen and oxygen atoms in total. The summed E-state index contributed by atoms with van der Waals surface area (Å²) in [6.45, 7) is 5.81. The first-order valence-electron chi connectivity index (χ1n) is 6.52. The molecule has 0 bridgehead atoms. The number of hydrogen-bond donors (Lipinski definition) is 1. The number of nitrogens with one attached hydrogen (secondary N) is 1. The van der Waals surface area contributed by atoms with Crippen LogP contribution in [0.3, 0.4) is 0 Å². The zero-order valence-electron chi connectivity index (χ0n) is 11.6.